The molecule has 0 N–H and O–H groups in total. The molecular weight excluding hydrogens is 306 g/mol. The smallest absolute Gasteiger partial charge is 0.251 e. The fourth-order valence-corrected chi connectivity index (χ4v) is 2.83. The standard InChI is InChI=1S/C14H17N3O4S/c1-15(2)22(20,21)12-4-5-14(19)17(9-12)10-13(18)11-6-7-16(3)8-11/h4-9H,10H2,1-3H3. The molecule has 2 aromatic rings. The number of nitrogens with zero attached hydrogens (tertiary/aromatic N) is 3. The summed E-state index contributed by atoms with van der Waals surface area (Å²) in [6.45, 7) is -0.209. The maximum atomic E-state index is 12.1. The van der Waals surface area contributed by atoms with Crippen LogP contribution in [0.4, 0.5) is 0 Å². The summed E-state index contributed by atoms with van der Waals surface area (Å²) in [5.41, 5.74) is 0.0391. The van der Waals surface area contributed by atoms with Crippen molar-refractivity contribution in [3.8, 4) is 0 Å². The van der Waals surface area contributed by atoms with E-state index < -0.39 is 15.6 Å². The third-order valence-electron chi connectivity index (χ3n) is 3.20. The topological polar surface area (TPSA) is 81.4 Å². The second kappa shape index (κ2) is 5.90. The van der Waals surface area contributed by atoms with Crippen molar-refractivity contribution in [1.29, 1.82) is 0 Å². The number of hydrogen-bond donors (Lipinski definition) is 0. The highest BCUT2D eigenvalue weighted by atomic mass is 32.2. The molecule has 2 heterocycles. The van der Waals surface area contributed by atoms with Gasteiger partial charge in [0, 0.05) is 51.4 Å². The summed E-state index contributed by atoms with van der Waals surface area (Å²) < 4.78 is 28.0. The van der Waals surface area contributed by atoms with Gasteiger partial charge >= 0.3 is 0 Å². The lowest BCUT2D eigenvalue weighted by Gasteiger charge is -2.12. The molecule has 2 aromatic heterocycles. The van der Waals surface area contributed by atoms with Gasteiger partial charge in [-0.05, 0) is 12.1 Å². The van der Waals surface area contributed by atoms with Gasteiger partial charge in [0.1, 0.15) is 0 Å². The fraction of sp³-hybridized carbons (Fsp3) is 0.286. The molecule has 0 aliphatic rings. The van der Waals surface area contributed by atoms with E-state index >= 15 is 0 Å². The molecule has 0 spiro atoms. The van der Waals surface area contributed by atoms with Gasteiger partial charge in [0.25, 0.3) is 5.56 Å². The van der Waals surface area contributed by atoms with E-state index in [2.05, 4.69) is 0 Å². The van der Waals surface area contributed by atoms with Crippen molar-refractivity contribution in [3.05, 3.63) is 52.7 Å². The first kappa shape index (κ1) is 16.2. The Morgan fingerprint density at radius 3 is 2.41 bits per heavy atom. The Morgan fingerprint density at radius 1 is 1.18 bits per heavy atom. The van der Waals surface area contributed by atoms with Crippen LogP contribution < -0.4 is 5.56 Å². The van der Waals surface area contributed by atoms with Crippen molar-refractivity contribution in [1.82, 2.24) is 13.4 Å². The molecule has 0 atom stereocenters. The molecule has 22 heavy (non-hydrogen) atoms. The van der Waals surface area contributed by atoms with Crippen LogP contribution in [-0.4, -0.2) is 41.7 Å². The zero-order chi connectivity index (χ0) is 16.5. The predicted molar refractivity (Wildman–Crippen MR) is 81.3 cm³/mol. The van der Waals surface area contributed by atoms with Gasteiger partial charge < -0.3 is 9.13 Å². The van der Waals surface area contributed by atoms with E-state index in [1.54, 1.807) is 30.1 Å². The summed E-state index contributed by atoms with van der Waals surface area (Å²) in [4.78, 5) is 23.9. The average Bonchev–Trinajstić information content (AvgIpc) is 2.87. The quantitative estimate of drug-likeness (QED) is 0.742. The highest BCUT2D eigenvalue weighted by molar-refractivity contribution is 7.89. The number of aromatic nitrogens is 2. The minimum absolute atomic E-state index is 0.0297. The number of carbonyl (C=O) groups excluding carboxylic acids is 1. The molecule has 0 bridgehead atoms. The highest BCUT2D eigenvalue weighted by Crippen LogP contribution is 2.11. The van der Waals surface area contributed by atoms with Crippen LogP contribution in [0.1, 0.15) is 10.4 Å². The first-order chi connectivity index (χ1) is 10.2. The maximum Gasteiger partial charge on any atom is 0.251 e. The molecule has 0 unspecified atom stereocenters. The second-order valence-corrected chi connectivity index (χ2v) is 7.26. The molecule has 0 saturated heterocycles. The Hall–Kier alpha value is -2.19. The average molecular weight is 323 g/mol. The number of pyridine rings is 1. The van der Waals surface area contributed by atoms with Gasteiger partial charge in [-0.2, -0.15) is 0 Å². The van der Waals surface area contributed by atoms with Crippen LogP contribution in [0, 0.1) is 0 Å². The van der Waals surface area contributed by atoms with E-state index in [9.17, 15) is 18.0 Å². The van der Waals surface area contributed by atoms with Gasteiger partial charge in [0.15, 0.2) is 5.78 Å². The molecule has 0 aliphatic heterocycles. The normalized spacial score (nSPS) is 11.8. The summed E-state index contributed by atoms with van der Waals surface area (Å²) in [7, 11) is 0.936. The second-order valence-electron chi connectivity index (χ2n) is 5.11. The van der Waals surface area contributed by atoms with E-state index in [1.165, 1.54) is 26.4 Å². The lowest BCUT2D eigenvalue weighted by Crippen LogP contribution is -2.27. The van der Waals surface area contributed by atoms with E-state index in [1.807, 2.05) is 0 Å². The van der Waals surface area contributed by atoms with E-state index in [4.69, 9.17) is 0 Å². The summed E-state index contributed by atoms with van der Waals surface area (Å²) in [6, 6.07) is 4.03. The zero-order valence-electron chi connectivity index (χ0n) is 12.6. The lowest BCUT2D eigenvalue weighted by molar-refractivity contribution is 0.0970. The lowest BCUT2D eigenvalue weighted by atomic mass is 10.2. The monoisotopic (exact) mass is 323 g/mol. The molecule has 0 saturated carbocycles. The number of aryl methyl sites for hydroxylation is 1. The SMILES string of the molecule is CN(C)S(=O)(=O)c1ccc(=O)n(CC(=O)c2ccn(C)c2)c1. The van der Waals surface area contributed by atoms with Gasteiger partial charge in [-0.25, -0.2) is 12.7 Å². The first-order valence-electron chi connectivity index (χ1n) is 6.50. The first-order valence-corrected chi connectivity index (χ1v) is 7.94. The molecule has 0 fully saturated rings. The van der Waals surface area contributed by atoms with Crippen molar-refractivity contribution >= 4 is 15.8 Å². The number of rotatable bonds is 5. The molecule has 2 rings (SSSR count). The minimum Gasteiger partial charge on any atom is -0.357 e. The fourth-order valence-electron chi connectivity index (χ4n) is 1.91. The third kappa shape index (κ3) is 3.18. The zero-order valence-corrected chi connectivity index (χ0v) is 13.4. The Kier molecular flexibility index (Phi) is 4.34. The Balaban J connectivity index is 2.36. The summed E-state index contributed by atoms with van der Waals surface area (Å²) >= 11 is 0. The number of Topliss-reactive ketones (excluding diaryl/α,β-unsaturated/α-hetero) is 1. The Bertz CT molecular complexity index is 862. The molecule has 0 aliphatic carbocycles. The molecule has 8 heteroatoms. The molecule has 0 radical (unpaired) electrons. The maximum absolute atomic E-state index is 12.1. The Morgan fingerprint density at radius 2 is 1.86 bits per heavy atom. The van der Waals surface area contributed by atoms with Crippen LogP contribution in [0.3, 0.4) is 0 Å². The van der Waals surface area contributed by atoms with Crippen LogP contribution in [0.2, 0.25) is 0 Å². The molecule has 0 amide bonds. The highest BCUT2D eigenvalue weighted by Gasteiger charge is 2.19. The summed E-state index contributed by atoms with van der Waals surface area (Å²) in [5.74, 6) is -0.262. The number of sulfonamides is 1. The van der Waals surface area contributed by atoms with Gasteiger partial charge in [-0.3, -0.25) is 9.59 Å². The predicted octanol–water partition coefficient (Wildman–Crippen LogP) is 0.320. The van der Waals surface area contributed by atoms with Crippen LogP contribution in [0.15, 0.2) is 46.5 Å². The number of hydrogen-bond acceptors (Lipinski definition) is 4. The van der Waals surface area contributed by atoms with Gasteiger partial charge in [-0.15, -0.1) is 0 Å². The van der Waals surface area contributed by atoms with Gasteiger partial charge in [-0.1, -0.05) is 0 Å². The number of carbonyl (C=O) groups is 1. The molecule has 118 valence electrons. The van der Waals surface area contributed by atoms with E-state index in [-0.39, 0.29) is 17.2 Å². The largest absolute Gasteiger partial charge is 0.357 e. The van der Waals surface area contributed by atoms with Crippen molar-refractivity contribution in [2.75, 3.05) is 14.1 Å². The summed E-state index contributed by atoms with van der Waals surface area (Å²) in [5, 5.41) is 0. The third-order valence-corrected chi connectivity index (χ3v) is 5.00. The number of ketones is 1. The van der Waals surface area contributed by atoms with E-state index in [0.717, 1.165) is 14.9 Å². The van der Waals surface area contributed by atoms with Crippen molar-refractivity contribution in [2.45, 2.75) is 11.4 Å². The van der Waals surface area contributed by atoms with Crippen LogP contribution in [0.25, 0.3) is 0 Å². The van der Waals surface area contributed by atoms with Crippen LogP contribution >= 0.6 is 0 Å². The van der Waals surface area contributed by atoms with Gasteiger partial charge in [0.05, 0.1) is 11.4 Å². The van der Waals surface area contributed by atoms with Crippen molar-refractivity contribution in [3.63, 3.8) is 0 Å². The van der Waals surface area contributed by atoms with E-state index in [0.29, 0.717) is 5.56 Å². The van der Waals surface area contributed by atoms with Crippen LogP contribution in [0.5, 0.6) is 0 Å². The molecular formula is C14H17N3O4S. The summed E-state index contributed by atoms with van der Waals surface area (Å²) in [6.07, 6.45) is 4.56. The van der Waals surface area contributed by atoms with Gasteiger partial charge in [0.2, 0.25) is 10.0 Å². The molecule has 0 aromatic carbocycles. The Labute approximate surface area is 128 Å². The molecule has 7 nitrogen and oxygen atoms in total. The minimum atomic E-state index is -3.65. The van der Waals surface area contributed by atoms with Crippen LogP contribution in [-0.2, 0) is 23.6 Å². The van der Waals surface area contributed by atoms with Crippen molar-refractivity contribution in [2.24, 2.45) is 7.05 Å². The van der Waals surface area contributed by atoms with Crippen molar-refractivity contribution < 1.29 is 13.2 Å².